The molecule has 3 N–H and O–H groups in total. The molecule has 0 fully saturated rings. The molecule has 0 amide bonds. The number of halogens is 1. The maximum atomic E-state index is 10.4. The lowest BCUT2D eigenvalue weighted by Crippen LogP contribution is -2.15. The first-order valence-electron chi connectivity index (χ1n) is 4.24. The molecular formula is C8H12BrN3O2. The number of rotatable bonds is 4. The third-order valence-electron chi connectivity index (χ3n) is 1.89. The molecule has 5 nitrogen and oxygen atoms in total. The van der Waals surface area contributed by atoms with Crippen LogP contribution in [0.25, 0.3) is 0 Å². The molecule has 1 aromatic rings. The molecule has 0 bridgehead atoms. The van der Waals surface area contributed by atoms with Gasteiger partial charge in [0.2, 0.25) is 0 Å². The predicted octanol–water partition coefficient (Wildman–Crippen LogP) is 1.14. The summed E-state index contributed by atoms with van der Waals surface area (Å²) < 4.78 is 2.48. The van der Waals surface area contributed by atoms with Crippen molar-refractivity contribution in [1.29, 1.82) is 0 Å². The molecule has 0 saturated carbocycles. The molecule has 1 heterocycles. The molecule has 0 aliphatic carbocycles. The highest BCUT2D eigenvalue weighted by molar-refractivity contribution is 9.10. The normalized spacial score (nSPS) is 12.8. The SMILES string of the molecule is CCn1ncc(C(N)CC(=O)O)c1Br. The Morgan fingerprint density at radius 1 is 1.86 bits per heavy atom. The van der Waals surface area contributed by atoms with E-state index < -0.39 is 12.0 Å². The standard InChI is InChI=1S/C8H12BrN3O2/c1-2-12-8(9)5(4-11-12)6(10)3-7(13)14/h4,6H,2-3,10H2,1H3,(H,13,14). The summed E-state index contributed by atoms with van der Waals surface area (Å²) in [5, 5.41) is 12.6. The van der Waals surface area contributed by atoms with Crippen molar-refractivity contribution in [2.24, 2.45) is 5.73 Å². The van der Waals surface area contributed by atoms with Crippen molar-refractivity contribution in [1.82, 2.24) is 9.78 Å². The minimum absolute atomic E-state index is 0.0893. The van der Waals surface area contributed by atoms with E-state index in [0.717, 1.165) is 16.7 Å². The van der Waals surface area contributed by atoms with E-state index in [1.807, 2.05) is 6.92 Å². The summed E-state index contributed by atoms with van der Waals surface area (Å²) >= 11 is 3.33. The summed E-state index contributed by atoms with van der Waals surface area (Å²) in [5.74, 6) is -0.909. The Morgan fingerprint density at radius 2 is 2.50 bits per heavy atom. The Balaban J connectivity index is 2.84. The van der Waals surface area contributed by atoms with Gasteiger partial charge in [0.25, 0.3) is 0 Å². The van der Waals surface area contributed by atoms with Crippen LogP contribution in [0.5, 0.6) is 0 Å². The Hall–Kier alpha value is -0.880. The van der Waals surface area contributed by atoms with Gasteiger partial charge >= 0.3 is 5.97 Å². The van der Waals surface area contributed by atoms with E-state index in [9.17, 15) is 4.79 Å². The molecule has 1 atom stereocenters. The van der Waals surface area contributed by atoms with Gasteiger partial charge in [-0.1, -0.05) is 0 Å². The van der Waals surface area contributed by atoms with Crippen LogP contribution in [0.4, 0.5) is 0 Å². The van der Waals surface area contributed by atoms with Gasteiger partial charge < -0.3 is 10.8 Å². The maximum Gasteiger partial charge on any atom is 0.305 e. The summed E-state index contributed by atoms with van der Waals surface area (Å²) in [5.41, 5.74) is 6.43. The van der Waals surface area contributed by atoms with E-state index in [-0.39, 0.29) is 6.42 Å². The number of carbonyl (C=O) groups is 1. The molecule has 0 aliphatic rings. The highest BCUT2D eigenvalue weighted by Crippen LogP contribution is 2.23. The molecule has 0 aromatic carbocycles. The van der Waals surface area contributed by atoms with Gasteiger partial charge in [-0.15, -0.1) is 0 Å². The summed E-state index contributed by atoms with van der Waals surface area (Å²) in [7, 11) is 0. The van der Waals surface area contributed by atoms with Gasteiger partial charge in [0.05, 0.1) is 12.6 Å². The van der Waals surface area contributed by atoms with Crippen molar-refractivity contribution < 1.29 is 9.90 Å². The van der Waals surface area contributed by atoms with Crippen LogP contribution in [0.15, 0.2) is 10.8 Å². The smallest absolute Gasteiger partial charge is 0.305 e. The molecule has 6 heteroatoms. The lowest BCUT2D eigenvalue weighted by Gasteiger charge is -2.07. The van der Waals surface area contributed by atoms with E-state index in [4.69, 9.17) is 10.8 Å². The van der Waals surface area contributed by atoms with Gasteiger partial charge in [0, 0.05) is 18.2 Å². The van der Waals surface area contributed by atoms with Crippen molar-refractivity contribution in [2.75, 3.05) is 0 Å². The fraction of sp³-hybridized carbons (Fsp3) is 0.500. The lowest BCUT2D eigenvalue weighted by molar-refractivity contribution is -0.137. The molecule has 14 heavy (non-hydrogen) atoms. The molecule has 1 rings (SSSR count). The van der Waals surface area contributed by atoms with Crippen molar-refractivity contribution in [2.45, 2.75) is 25.9 Å². The van der Waals surface area contributed by atoms with Gasteiger partial charge in [0.15, 0.2) is 0 Å². The minimum Gasteiger partial charge on any atom is -0.481 e. The summed E-state index contributed by atoms with van der Waals surface area (Å²) in [4.78, 5) is 10.4. The van der Waals surface area contributed by atoms with Gasteiger partial charge in [-0.3, -0.25) is 9.48 Å². The third-order valence-corrected chi connectivity index (χ3v) is 2.76. The number of carboxylic acids is 1. The Bertz CT molecular complexity index is 337. The van der Waals surface area contributed by atoms with Crippen LogP contribution in [-0.4, -0.2) is 20.9 Å². The van der Waals surface area contributed by atoms with E-state index in [1.165, 1.54) is 0 Å². The zero-order valence-electron chi connectivity index (χ0n) is 7.77. The van der Waals surface area contributed by atoms with Crippen LogP contribution in [0.3, 0.4) is 0 Å². The van der Waals surface area contributed by atoms with Gasteiger partial charge in [-0.05, 0) is 22.9 Å². The number of hydrogen-bond acceptors (Lipinski definition) is 3. The Kier molecular flexibility index (Phi) is 3.65. The largest absolute Gasteiger partial charge is 0.481 e. The Labute approximate surface area is 90.0 Å². The molecule has 0 spiro atoms. The average molecular weight is 262 g/mol. The van der Waals surface area contributed by atoms with Gasteiger partial charge in [-0.2, -0.15) is 5.10 Å². The number of aliphatic carboxylic acids is 1. The monoisotopic (exact) mass is 261 g/mol. The topological polar surface area (TPSA) is 81.1 Å². The zero-order chi connectivity index (χ0) is 10.7. The molecule has 78 valence electrons. The minimum atomic E-state index is -0.909. The first-order valence-corrected chi connectivity index (χ1v) is 5.04. The van der Waals surface area contributed by atoms with Crippen LogP contribution in [0, 0.1) is 0 Å². The summed E-state index contributed by atoms with van der Waals surface area (Å²) in [6, 6.07) is -0.512. The lowest BCUT2D eigenvalue weighted by atomic mass is 10.1. The van der Waals surface area contributed by atoms with Crippen LogP contribution >= 0.6 is 15.9 Å². The molecule has 0 radical (unpaired) electrons. The van der Waals surface area contributed by atoms with E-state index in [2.05, 4.69) is 21.0 Å². The number of nitrogens with two attached hydrogens (primary N) is 1. The first kappa shape index (κ1) is 11.2. The van der Waals surface area contributed by atoms with E-state index in [0.29, 0.717) is 0 Å². The molecule has 0 saturated heterocycles. The molecule has 1 unspecified atom stereocenters. The van der Waals surface area contributed by atoms with Crippen molar-refractivity contribution in [3.8, 4) is 0 Å². The summed E-state index contributed by atoms with van der Waals surface area (Å²) in [6.45, 7) is 2.67. The third kappa shape index (κ3) is 2.33. The van der Waals surface area contributed by atoms with E-state index in [1.54, 1.807) is 10.9 Å². The number of carboxylic acid groups (broad SMARTS) is 1. The van der Waals surface area contributed by atoms with Crippen LogP contribution < -0.4 is 5.73 Å². The second kappa shape index (κ2) is 4.56. The molecular weight excluding hydrogens is 250 g/mol. The highest BCUT2D eigenvalue weighted by atomic mass is 79.9. The van der Waals surface area contributed by atoms with Gasteiger partial charge in [-0.25, -0.2) is 0 Å². The maximum absolute atomic E-state index is 10.4. The van der Waals surface area contributed by atoms with Crippen LogP contribution in [-0.2, 0) is 11.3 Å². The van der Waals surface area contributed by atoms with Crippen molar-refractivity contribution in [3.63, 3.8) is 0 Å². The number of nitrogens with zero attached hydrogens (tertiary/aromatic N) is 2. The molecule has 1 aromatic heterocycles. The van der Waals surface area contributed by atoms with Crippen LogP contribution in [0.1, 0.15) is 24.9 Å². The number of hydrogen-bond donors (Lipinski definition) is 2. The second-order valence-corrected chi connectivity index (χ2v) is 3.66. The Morgan fingerprint density at radius 3 is 2.93 bits per heavy atom. The second-order valence-electron chi connectivity index (χ2n) is 2.91. The first-order chi connectivity index (χ1) is 6.56. The summed E-state index contributed by atoms with van der Waals surface area (Å²) in [6.07, 6.45) is 1.51. The highest BCUT2D eigenvalue weighted by Gasteiger charge is 2.16. The average Bonchev–Trinajstić information content (AvgIpc) is 2.45. The molecule has 0 aliphatic heterocycles. The van der Waals surface area contributed by atoms with Crippen LogP contribution in [0.2, 0.25) is 0 Å². The van der Waals surface area contributed by atoms with Crippen molar-refractivity contribution in [3.05, 3.63) is 16.4 Å². The van der Waals surface area contributed by atoms with Gasteiger partial charge in [0.1, 0.15) is 4.60 Å². The fourth-order valence-electron chi connectivity index (χ4n) is 1.15. The quantitative estimate of drug-likeness (QED) is 0.852. The van der Waals surface area contributed by atoms with Crippen molar-refractivity contribution >= 4 is 21.9 Å². The zero-order valence-corrected chi connectivity index (χ0v) is 9.36. The van der Waals surface area contributed by atoms with E-state index >= 15 is 0 Å². The number of aryl methyl sites for hydroxylation is 1. The number of aromatic nitrogens is 2. The fourth-order valence-corrected chi connectivity index (χ4v) is 1.89. The predicted molar refractivity (Wildman–Crippen MR) is 54.8 cm³/mol.